The standard InChI is InChI=1S/C9H10BO3/c1-12-9-4-2-3-8(7-9)5-6-13-10-11/h2-7,11H,1H3/b6-5+. The lowest BCUT2D eigenvalue weighted by molar-refractivity contribution is 0.408. The Morgan fingerprint density at radius 1 is 1.46 bits per heavy atom. The predicted molar refractivity (Wildman–Crippen MR) is 51.1 cm³/mol. The van der Waals surface area contributed by atoms with Crippen molar-refractivity contribution in [3.8, 4) is 5.75 Å². The average Bonchev–Trinajstić information content (AvgIpc) is 2.19. The summed E-state index contributed by atoms with van der Waals surface area (Å²) in [4.78, 5) is 0. The van der Waals surface area contributed by atoms with Crippen molar-refractivity contribution in [3.63, 3.8) is 0 Å². The summed E-state index contributed by atoms with van der Waals surface area (Å²) in [5.41, 5.74) is 0.946. The first-order chi connectivity index (χ1) is 6.36. The zero-order chi connectivity index (χ0) is 9.52. The Balaban J connectivity index is 2.66. The topological polar surface area (TPSA) is 38.7 Å². The Hall–Kier alpha value is -1.42. The zero-order valence-electron chi connectivity index (χ0n) is 7.31. The lowest BCUT2D eigenvalue weighted by atomic mass is 10.2. The van der Waals surface area contributed by atoms with Crippen LogP contribution in [0.15, 0.2) is 30.5 Å². The second-order valence-corrected chi connectivity index (χ2v) is 2.32. The minimum Gasteiger partial charge on any atom is -0.543 e. The van der Waals surface area contributed by atoms with Crippen molar-refractivity contribution < 1.29 is 14.4 Å². The van der Waals surface area contributed by atoms with Gasteiger partial charge in [-0.05, 0) is 23.8 Å². The van der Waals surface area contributed by atoms with E-state index in [2.05, 4.69) is 4.65 Å². The third-order valence-corrected chi connectivity index (χ3v) is 1.49. The van der Waals surface area contributed by atoms with E-state index < -0.39 is 0 Å². The van der Waals surface area contributed by atoms with Crippen LogP contribution in [0.2, 0.25) is 0 Å². The van der Waals surface area contributed by atoms with Crippen LogP contribution in [-0.2, 0) is 4.65 Å². The van der Waals surface area contributed by atoms with E-state index in [4.69, 9.17) is 9.76 Å². The van der Waals surface area contributed by atoms with Crippen LogP contribution in [0.4, 0.5) is 0 Å². The van der Waals surface area contributed by atoms with Crippen LogP contribution in [0.25, 0.3) is 6.08 Å². The molecule has 1 aromatic rings. The Morgan fingerprint density at radius 2 is 2.31 bits per heavy atom. The molecule has 0 saturated heterocycles. The van der Waals surface area contributed by atoms with Crippen molar-refractivity contribution in [3.05, 3.63) is 36.1 Å². The first kappa shape index (κ1) is 9.67. The van der Waals surface area contributed by atoms with E-state index in [0.29, 0.717) is 7.69 Å². The van der Waals surface area contributed by atoms with Crippen LogP contribution in [0.1, 0.15) is 5.56 Å². The van der Waals surface area contributed by atoms with Crippen LogP contribution >= 0.6 is 0 Å². The number of hydrogen-bond acceptors (Lipinski definition) is 3. The smallest absolute Gasteiger partial charge is 0.543 e. The quantitative estimate of drug-likeness (QED) is 0.554. The van der Waals surface area contributed by atoms with Gasteiger partial charge in [0.2, 0.25) is 0 Å². The Bertz CT molecular complexity index is 286. The third kappa shape index (κ3) is 3.21. The molecule has 1 radical (unpaired) electrons. The highest BCUT2D eigenvalue weighted by molar-refractivity contribution is 6.16. The summed E-state index contributed by atoms with van der Waals surface area (Å²) >= 11 is 0. The summed E-state index contributed by atoms with van der Waals surface area (Å²) in [7, 11) is 2.23. The van der Waals surface area contributed by atoms with Gasteiger partial charge in [-0.15, -0.1) is 0 Å². The van der Waals surface area contributed by atoms with Gasteiger partial charge in [0, 0.05) is 0 Å². The number of rotatable bonds is 4. The van der Waals surface area contributed by atoms with Gasteiger partial charge in [-0.25, -0.2) is 0 Å². The molecular formula is C9H10BO3. The van der Waals surface area contributed by atoms with Gasteiger partial charge in [-0.2, -0.15) is 0 Å². The molecule has 0 amide bonds. The lowest BCUT2D eigenvalue weighted by Gasteiger charge is -1.99. The monoisotopic (exact) mass is 177 g/mol. The molecule has 1 aromatic carbocycles. The summed E-state index contributed by atoms with van der Waals surface area (Å²) in [5, 5.41) is 8.22. The van der Waals surface area contributed by atoms with Gasteiger partial charge in [0.1, 0.15) is 5.75 Å². The second kappa shape index (κ2) is 5.27. The molecule has 0 bridgehead atoms. The molecule has 4 heteroatoms. The molecule has 0 aliphatic heterocycles. The zero-order valence-corrected chi connectivity index (χ0v) is 7.31. The molecule has 0 spiro atoms. The molecule has 0 saturated carbocycles. The van der Waals surface area contributed by atoms with Gasteiger partial charge >= 0.3 is 7.69 Å². The molecular weight excluding hydrogens is 167 g/mol. The Kier molecular flexibility index (Phi) is 3.92. The minimum absolute atomic E-state index is 0.622. The largest absolute Gasteiger partial charge is 0.569 e. The first-order valence-corrected chi connectivity index (χ1v) is 3.79. The molecule has 3 nitrogen and oxygen atoms in total. The Labute approximate surface area is 77.9 Å². The number of hydrogen-bond donors (Lipinski definition) is 1. The van der Waals surface area contributed by atoms with Crippen molar-refractivity contribution >= 4 is 13.8 Å². The fourth-order valence-electron chi connectivity index (χ4n) is 0.898. The average molecular weight is 177 g/mol. The highest BCUT2D eigenvalue weighted by Crippen LogP contribution is 2.13. The van der Waals surface area contributed by atoms with E-state index in [-0.39, 0.29) is 0 Å². The van der Waals surface area contributed by atoms with Gasteiger partial charge in [0.25, 0.3) is 0 Å². The molecule has 0 unspecified atom stereocenters. The molecule has 0 heterocycles. The first-order valence-electron chi connectivity index (χ1n) is 3.79. The van der Waals surface area contributed by atoms with E-state index in [1.54, 1.807) is 13.2 Å². The van der Waals surface area contributed by atoms with Crippen molar-refractivity contribution in [2.75, 3.05) is 7.11 Å². The second-order valence-electron chi connectivity index (χ2n) is 2.32. The normalized spacial score (nSPS) is 10.0. The van der Waals surface area contributed by atoms with E-state index in [0.717, 1.165) is 11.3 Å². The van der Waals surface area contributed by atoms with E-state index in [1.807, 2.05) is 24.3 Å². The van der Waals surface area contributed by atoms with Crippen molar-refractivity contribution in [1.29, 1.82) is 0 Å². The van der Waals surface area contributed by atoms with Crippen LogP contribution < -0.4 is 4.74 Å². The van der Waals surface area contributed by atoms with Gasteiger partial charge < -0.3 is 14.4 Å². The van der Waals surface area contributed by atoms with Gasteiger partial charge in [-0.1, -0.05) is 12.1 Å². The molecule has 13 heavy (non-hydrogen) atoms. The van der Waals surface area contributed by atoms with Gasteiger partial charge in [0.15, 0.2) is 0 Å². The van der Waals surface area contributed by atoms with E-state index in [9.17, 15) is 0 Å². The molecule has 1 N–H and O–H groups in total. The predicted octanol–water partition coefficient (Wildman–Crippen LogP) is 1.21. The molecule has 67 valence electrons. The number of benzene rings is 1. The summed E-state index contributed by atoms with van der Waals surface area (Å²) in [5.74, 6) is 0.787. The summed E-state index contributed by atoms with van der Waals surface area (Å²) < 4.78 is 9.55. The third-order valence-electron chi connectivity index (χ3n) is 1.49. The SMILES string of the molecule is COc1cccc(/C=C/O[B]O)c1. The maximum atomic E-state index is 8.22. The summed E-state index contributed by atoms with van der Waals surface area (Å²) in [6.07, 6.45) is 3.10. The Morgan fingerprint density at radius 3 is 3.00 bits per heavy atom. The lowest BCUT2D eigenvalue weighted by Crippen LogP contribution is -1.87. The van der Waals surface area contributed by atoms with Crippen molar-refractivity contribution in [1.82, 2.24) is 0 Å². The van der Waals surface area contributed by atoms with Crippen molar-refractivity contribution in [2.24, 2.45) is 0 Å². The van der Waals surface area contributed by atoms with E-state index in [1.165, 1.54) is 6.26 Å². The molecule has 0 aliphatic carbocycles. The minimum atomic E-state index is 0.622. The van der Waals surface area contributed by atoms with Crippen LogP contribution in [0.5, 0.6) is 5.75 Å². The fourth-order valence-corrected chi connectivity index (χ4v) is 0.898. The molecule has 0 aromatic heterocycles. The highest BCUT2D eigenvalue weighted by atomic mass is 16.5. The maximum Gasteiger partial charge on any atom is 0.569 e. The van der Waals surface area contributed by atoms with Gasteiger partial charge in [-0.3, -0.25) is 0 Å². The van der Waals surface area contributed by atoms with Crippen LogP contribution in [0.3, 0.4) is 0 Å². The fraction of sp³-hybridized carbons (Fsp3) is 0.111. The highest BCUT2D eigenvalue weighted by Gasteiger charge is 1.90. The van der Waals surface area contributed by atoms with E-state index >= 15 is 0 Å². The molecule has 1 rings (SSSR count). The number of ether oxygens (including phenoxy) is 1. The summed E-state index contributed by atoms with van der Waals surface area (Å²) in [6.45, 7) is 0. The maximum absolute atomic E-state index is 8.22. The molecule has 0 fully saturated rings. The van der Waals surface area contributed by atoms with Crippen LogP contribution in [0, 0.1) is 0 Å². The molecule has 0 aliphatic rings. The molecule has 0 atom stereocenters. The number of methoxy groups -OCH3 is 1. The van der Waals surface area contributed by atoms with Crippen molar-refractivity contribution in [2.45, 2.75) is 0 Å². The van der Waals surface area contributed by atoms with Crippen LogP contribution in [-0.4, -0.2) is 19.8 Å². The summed E-state index contributed by atoms with van der Waals surface area (Å²) in [6, 6.07) is 7.49. The van der Waals surface area contributed by atoms with Gasteiger partial charge in [0.05, 0.1) is 13.4 Å².